The molecule has 1 rings (SSSR count). The van der Waals surface area contributed by atoms with Crippen LogP contribution in [0.5, 0.6) is 0 Å². The molecule has 0 bridgehead atoms. The lowest BCUT2D eigenvalue weighted by Gasteiger charge is -2.04. The fraction of sp³-hybridized carbons (Fsp3) is 0.500. The molecule has 21 heavy (non-hydrogen) atoms. The van der Waals surface area contributed by atoms with Gasteiger partial charge in [-0.15, -0.1) is 0 Å². The highest BCUT2D eigenvalue weighted by Crippen LogP contribution is 2.06. The normalized spacial score (nSPS) is 10.1. The molecular weight excluding hydrogens is 270 g/mol. The zero-order valence-electron chi connectivity index (χ0n) is 12.5. The molecule has 0 aliphatic rings. The first kappa shape index (κ1) is 17.2. The number of hydroxylamine groups is 1. The molecule has 0 unspecified atom stereocenters. The van der Waals surface area contributed by atoms with E-state index in [0.29, 0.717) is 12.0 Å². The smallest absolute Gasteiger partial charge is 0.273 e. The highest BCUT2D eigenvalue weighted by Gasteiger charge is 2.08. The Hall–Kier alpha value is -1.88. The highest BCUT2D eigenvalue weighted by molar-refractivity contribution is 5.88. The number of rotatable bonds is 10. The second kappa shape index (κ2) is 10.9. The van der Waals surface area contributed by atoms with Gasteiger partial charge in [0.2, 0.25) is 5.91 Å². The molecule has 0 aromatic heterocycles. The first-order chi connectivity index (χ1) is 10.2. The van der Waals surface area contributed by atoms with Crippen molar-refractivity contribution in [1.29, 1.82) is 0 Å². The van der Waals surface area contributed by atoms with Gasteiger partial charge in [-0.1, -0.05) is 62.2 Å². The molecule has 0 saturated carbocycles. The van der Waals surface area contributed by atoms with E-state index in [1.165, 1.54) is 19.3 Å². The third-order valence-corrected chi connectivity index (χ3v) is 3.04. The second-order valence-electron chi connectivity index (χ2n) is 4.86. The summed E-state index contributed by atoms with van der Waals surface area (Å²) in [6, 6.07) is 8.43. The molecule has 0 aliphatic heterocycles. The lowest BCUT2D eigenvalue weighted by Crippen LogP contribution is -2.25. The molecule has 0 heterocycles. The van der Waals surface area contributed by atoms with Crippen molar-refractivity contribution in [2.24, 2.45) is 0 Å². The molecule has 5 heteroatoms. The standard InChI is InChI=1S/C16H23NO4/c1-2-3-4-5-6-10-13-15(18)17-21-20-16(19)14-11-8-7-9-12-14/h7-9,11-12H,2-6,10,13H2,1H3,(H,17,18). The summed E-state index contributed by atoms with van der Waals surface area (Å²) in [5, 5.41) is 0. The molecule has 5 nitrogen and oxygen atoms in total. The largest absolute Gasteiger partial charge is 0.375 e. The maximum Gasteiger partial charge on any atom is 0.375 e. The van der Waals surface area contributed by atoms with E-state index in [0.717, 1.165) is 19.3 Å². The van der Waals surface area contributed by atoms with Crippen LogP contribution >= 0.6 is 0 Å². The Morgan fingerprint density at radius 1 is 1.00 bits per heavy atom. The fourth-order valence-corrected chi connectivity index (χ4v) is 1.84. The molecule has 0 atom stereocenters. The van der Waals surface area contributed by atoms with Crippen LogP contribution in [0.4, 0.5) is 0 Å². The van der Waals surface area contributed by atoms with Gasteiger partial charge in [-0.2, -0.15) is 5.48 Å². The van der Waals surface area contributed by atoms with E-state index in [2.05, 4.69) is 22.3 Å². The Morgan fingerprint density at radius 3 is 2.38 bits per heavy atom. The van der Waals surface area contributed by atoms with Crippen LogP contribution in [0.15, 0.2) is 30.3 Å². The molecule has 1 amide bonds. The van der Waals surface area contributed by atoms with Gasteiger partial charge in [0.25, 0.3) is 0 Å². The van der Waals surface area contributed by atoms with Crippen molar-refractivity contribution in [2.75, 3.05) is 0 Å². The van der Waals surface area contributed by atoms with Crippen LogP contribution in [-0.2, 0) is 14.7 Å². The van der Waals surface area contributed by atoms with Gasteiger partial charge in [0.05, 0.1) is 5.56 Å². The van der Waals surface area contributed by atoms with Crippen molar-refractivity contribution in [3.8, 4) is 0 Å². The van der Waals surface area contributed by atoms with Gasteiger partial charge in [0.1, 0.15) is 0 Å². The zero-order chi connectivity index (χ0) is 15.3. The predicted octanol–water partition coefficient (Wildman–Crippen LogP) is 3.56. The van der Waals surface area contributed by atoms with E-state index in [4.69, 9.17) is 0 Å². The summed E-state index contributed by atoms with van der Waals surface area (Å²) in [6.45, 7) is 2.17. The molecule has 1 aromatic rings. The van der Waals surface area contributed by atoms with E-state index in [1.807, 2.05) is 0 Å². The summed E-state index contributed by atoms with van der Waals surface area (Å²) in [5.41, 5.74) is 2.47. The number of benzene rings is 1. The molecule has 0 aliphatic carbocycles. The van der Waals surface area contributed by atoms with E-state index in [9.17, 15) is 9.59 Å². The average Bonchev–Trinajstić information content (AvgIpc) is 2.51. The number of unbranched alkanes of at least 4 members (excludes halogenated alkanes) is 5. The topological polar surface area (TPSA) is 64.6 Å². The van der Waals surface area contributed by atoms with Crippen LogP contribution in [0.1, 0.15) is 62.2 Å². The van der Waals surface area contributed by atoms with Crippen molar-refractivity contribution in [3.05, 3.63) is 35.9 Å². The van der Waals surface area contributed by atoms with Crippen molar-refractivity contribution in [1.82, 2.24) is 5.48 Å². The first-order valence-electron chi connectivity index (χ1n) is 7.45. The Balaban J connectivity index is 2.04. The van der Waals surface area contributed by atoms with Gasteiger partial charge in [0, 0.05) is 6.42 Å². The van der Waals surface area contributed by atoms with Crippen LogP contribution < -0.4 is 5.48 Å². The van der Waals surface area contributed by atoms with Crippen LogP contribution in [0.3, 0.4) is 0 Å². The summed E-state index contributed by atoms with van der Waals surface area (Å²) in [4.78, 5) is 31.9. The minimum Gasteiger partial charge on any atom is -0.273 e. The quantitative estimate of drug-likeness (QED) is 0.407. The Morgan fingerprint density at radius 2 is 1.67 bits per heavy atom. The summed E-state index contributed by atoms with van der Waals surface area (Å²) in [6.07, 6.45) is 7.01. The van der Waals surface area contributed by atoms with Crippen molar-refractivity contribution in [2.45, 2.75) is 51.9 Å². The third-order valence-electron chi connectivity index (χ3n) is 3.04. The minimum atomic E-state index is -0.643. The monoisotopic (exact) mass is 293 g/mol. The first-order valence-corrected chi connectivity index (χ1v) is 7.45. The summed E-state index contributed by atoms with van der Waals surface area (Å²) in [7, 11) is 0. The fourth-order valence-electron chi connectivity index (χ4n) is 1.84. The number of nitrogens with one attached hydrogen (secondary N) is 1. The molecular formula is C16H23NO4. The Labute approximate surface area is 125 Å². The van der Waals surface area contributed by atoms with Gasteiger partial charge < -0.3 is 0 Å². The maximum atomic E-state index is 11.5. The summed E-state index contributed by atoms with van der Waals surface area (Å²) < 4.78 is 0. The molecule has 116 valence electrons. The molecule has 1 N–H and O–H groups in total. The minimum absolute atomic E-state index is 0.286. The Kier molecular flexibility index (Phi) is 8.88. The average molecular weight is 293 g/mol. The van der Waals surface area contributed by atoms with Gasteiger partial charge in [0.15, 0.2) is 0 Å². The van der Waals surface area contributed by atoms with E-state index in [1.54, 1.807) is 30.3 Å². The van der Waals surface area contributed by atoms with Crippen LogP contribution in [0, 0.1) is 0 Å². The summed E-state index contributed by atoms with van der Waals surface area (Å²) >= 11 is 0. The van der Waals surface area contributed by atoms with Gasteiger partial charge in [-0.3, -0.25) is 9.68 Å². The van der Waals surface area contributed by atoms with E-state index < -0.39 is 5.97 Å². The number of hydrogen-bond acceptors (Lipinski definition) is 4. The highest BCUT2D eigenvalue weighted by atomic mass is 17.3. The third kappa shape index (κ3) is 8.09. The summed E-state index contributed by atoms with van der Waals surface area (Å²) in [5.74, 6) is -0.929. The van der Waals surface area contributed by atoms with E-state index >= 15 is 0 Å². The van der Waals surface area contributed by atoms with Crippen LogP contribution in [0.2, 0.25) is 0 Å². The maximum absolute atomic E-state index is 11.5. The number of amides is 1. The van der Waals surface area contributed by atoms with E-state index in [-0.39, 0.29) is 5.91 Å². The van der Waals surface area contributed by atoms with Gasteiger partial charge in [-0.25, -0.2) is 4.79 Å². The van der Waals surface area contributed by atoms with Crippen LogP contribution in [0.25, 0.3) is 0 Å². The molecule has 0 radical (unpaired) electrons. The predicted molar refractivity (Wildman–Crippen MR) is 79.1 cm³/mol. The zero-order valence-corrected chi connectivity index (χ0v) is 12.5. The van der Waals surface area contributed by atoms with Crippen molar-refractivity contribution < 1.29 is 19.5 Å². The van der Waals surface area contributed by atoms with Gasteiger partial charge in [-0.05, 0) is 18.6 Å². The van der Waals surface area contributed by atoms with Crippen molar-refractivity contribution in [3.63, 3.8) is 0 Å². The molecule has 0 spiro atoms. The van der Waals surface area contributed by atoms with Crippen molar-refractivity contribution >= 4 is 11.9 Å². The van der Waals surface area contributed by atoms with Gasteiger partial charge >= 0.3 is 5.97 Å². The molecule has 0 saturated heterocycles. The second-order valence-corrected chi connectivity index (χ2v) is 4.86. The molecule has 0 fully saturated rings. The lowest BCUT2D eigenvalue weighted by atomic mass is 10.1. The number of hydrogen-bond donors (Lipinski definition) is 1. The molecule has 1 aromatic carbocycles. The lowest BCUT2D eigenvalue weighted by molar-refractivity contribution is -0.280. The Bertz CT molecular complexity index is 420. The number of carbonyl (C=O) groups excluding carboxylic acids is 2. The van der Waals surface area contributed by atoms with Crippen LogP contribution in [-0.4, -0.2) is 11.9 Å². The number of carbonyl (C=O) groups is 2. The SMILES string of the molecule is CCCCCCCCC(=O)NOOC(=O)c1ccccc1.